The van der Waals surface area contributed by atoms with Gasteiger partial charge in [-0.3, -0.25) is 23.7 Å². The highest BCUT2D eigenvalue weighted by Gasteiger charge is 2.42. The first-order valence-corrected chi connectivity index (χ1v) is 8.35. The van der Waals surface area contributed by atoms with Gasteiger partial charge < -0.3 is 10.6 Å². The number of hydrogen-bond donors (Lipinski definition) is 3. The molecule has 10 heteroatoms. The monoisotopic (exact) mass is 358 g/mol. The van der Waals surface area contributed by atoms with Crippen molar-refractivity contribution in [3.8, 4) is 0 Å². The van der Waals surface area contributed by atoms with Crippen molar-refractivity contribution in [2.24, 2.45) is 0 Å². The number of carbonyl (C=O) groups excluding carboxylic acids is 4. The first-order chi connectivity index (χ1) is 10.9. The van der Waals surface area contributed by atoms with Crippen LogP contribution < -0.4 is 10.6 Å². The van der Waals surface area contributed by atoms with Gasteiger partial charge in [0.2, 0.25) is 11.8 Å². The molecular weight excluding hydrogens is 340 g/mol. The molecule has 0 aromatic rings. The molecule has 0 saturated heterocycles. The van der Waals surface area contributed by atoms with Crippen LogP contribution in [0.4, 0.5) is 0 Å². The zero-order chi connectivity index (χ0) is 18.5. The summed E-state index contributed by atoms with van der Waals surface area (Å²) < 4.78 is 32.7. The predicted octanol–water partition coefficient (Wildman–Crippen LogP) is -0.395. The summed E-state index contributed by atoms with van der Waals surface area (Å²) in [6.45, 7) is 2.41. The lowest BCUT2D eigenvalue weighted by atomic mass is 10.1. The second-order valence-corrected chi connectivity index (χ2v) is 7.09. The molecule has 1 rings (SSSR count). The minimum absolute atomic E-state index is 0.223. The summed E-state index contributed by atoms with van der Waals surface area (Å²) >= 11 is 0. The third kappa shape index (κ3) is 5.39. The Bertz CT molecular complexity index is 736. The van der Waals surface area contributed by atoms with Gasteiger partial charge in [0.15, 0.2) is 4.87 Å². The molecule has 132 valence electrons. The maximum absolute atomic E-state index is 11.7. The summed E-state index contributed by atoms with van der Waals surface area (Å²) in [6.07, 6.45) is 2.25. The summed E-state index contributed by atoms with van der Waals surface area (Å²) in [7, 11) is -4.73. The van der Waals surface area contributed by atoms with Crippen molar-refractivity contribution in [3.05, 3.63) is 23.9 Å². The van der Waals surface area contributed by atoms with E-state index in [-0.39, 0.29) is 24.3 Å². The van der Waals surface area contributed by atoms with E-state index in [0.29, 0.717) is 0 Å². The lowest BCUT2D eigenvalue weighted by Gasteiger charge is -2.30. The zero-order valence-corrected chi connectivity index (χ0v) is 14.0. The van der Waals surface area contributed by atoms with Crippen LogP contribution in [-0.4, -0.2) is 41.2 Å². The van der Waals surface area contributed by atoms with Crippen LogP contribution in [0.25, 0.3) is 0 Å². The quantitative estimate of drug-likeness (QED) is 0.414. The topological polar surface area (TPSA) is 147 Å². The average Bonchev–Trinajstić information content (AvgIpc) is 2.37. The van der Waals surface area contributed by atoms with Crippen LogP contribution >= 0.6 is 0 Å². The molecule has 1 aliphatic carbocycles. The largest absolute Gasteiger partial charge is 0.331 e. The van der Waals surface area contributed by atoms with Crippen LogP contribution in [-0.2, 0) is 29.3 Å². The molecule has 0 aliphatic heterocycles. The Hall–Kier alpha value is -2.33. The van der Waals surface area contributed by atoms with Crippen LogP contribution in [0.1, 0.15) is 33.1 Å². The first-order valence-electron chi connectivity index (χ1n) is 6.91. The molecule has 0 spiro atoms. The van der Waals surface area contributed by atoms with Crippen LogP contribution in [0.2, 0.25) is 0 Å². The van der Waals surface area contributed by atoms with Gasteiger partial charge in [-0.25, -0.2) is 0 Å². The fraction of sp³-hybridized carbons (Fsp3) is 0.429. The van der Waals surface area contributed by atoms with Gasteiger partial charge in [-0.05, 0) is 26.0 Å². The Kier molecular flexibility index (Phi) is 6.16. The van der Waals surface area contributed by atoms with Crippen molar-refractivity contribution in [3.63, 3.8) is 0 Å². The Balaban J connectivity index is 2.91. The summed E-state index contributed by atoms with van der Waals surface area (Å²) in [5.41, 5.74) is 0.223. The molecule has 0 saturated carbocycles. The normalized spacial score (nSPS) is 20.0. The number of hydrogen-bond acceptors (Lipinski definition) is 6. The number of amides is 2. The second kappa shape index (κ2) is 7.49. The third-order valence-corrected chi connectivity index (χ3v) is 4.40. The van der Waals surface area contributed by atoms with E-state index in [2.05, 4.69) is 10.6 Å². The minimum atomic E-state index is -4.73. The van der Waals surface area contributed by atoms with Crippen molar-refractivity contribution < 1.29 is 32.1 Å². The van der Waals surface area contributed by atoms with E-state index in [0.717, 1.165) is 6.08 Å². The standard InChI is InChI=1S/C14H18N2O7S/c1-9(17)7-12(19)15-11-3-5-14(6-4-11,24(21,22)23)16-13(20)8-10(2)18/h3-5H,6-8H2,1-2H3,(H,15,19)(H,16,20)(H,21,22,23). The highest BCUT2D eigenvalue weighted by atomic mass is 32.2. The molecule has 0 radical (unpaired) electrons. The van der Waals surface area contributed by atoms with Crippen molar-refractivity contribution in [2.75, 3.05) is 0 Å². The summed E-state index contributed by atoms with van der Waals surface area (Å²) in [4.78, 5) is 42.9. The highest BCUT2D eigenvalue weighted by Crippen LogP contribution is 2.25. The van der Waals surface area contributed by atoms with Crippen LogP contribution in [0.5, 0.6) is 0 Å². The lowest BCUT2D eigenvalue weighted by molar-refractivity contribution is -0.129. The van der Waals surface area contributed by atoms with E-state index in [9.17, 15) is 32.1 Å². The summed E-state index contributed by atoms with van der Waals surface area (Å²) in [6, 6.07) is 0. The van der Waals surface area contributed by atoms with E-state index >= 15 is 0 Å². The third-order valence-electron chi connectivity index (χ3n) is 3.07. The predicted molar refractivity (Wildman–Crippen MR) is 83.0 cm³/mol. The van der Waals surface area contributed by atoms with Crippen molar-refractivity contribution in [1.29, 1.82) is 0 Å². The fourth-order valence-corrected chi connectivity index (χ4v) is 2.78. The number of rotatable bonds is 7. The molecule has 0 fully saturated rings. The molecule has 1 aliphatic rings. The smallest absolute Gasteiger partial charge is 0.293 e. The maximum atomic E-state index is 11.7. The van der Waals surface area contributed by atoms with Crippen LogP contribution in [0.3, 0.4) is 0 Å². The van der Waals surface area contributed by atoms with E-state index in [4.69, 9.17) is 0 Å². The van der Waals surface area contributed by atoms with E-state index in [1.165, 1.54) is 26.0 Å². The highest BCUT2D eigenvalue weighted by molar-refractivity contribution is 7.87. The molecule has 0 heterocycles. The van der Waals surface area contributed by atoms with Gasteiger partial charge in [0.25, 0.3) is 10.1 Å². The molecule has 3 N–H and O–H groups in total. The van der Waals surface area contributed by atoms with E-state index in [1.807, 2.05) is 0 Å². The number of Topliss-reactive ketones (excluding diaryl/α,β-unsaturated/α-hetero) is 2. The van der Waals surface area contributed by atoms with Gasteiger partial charge in [-0.15, -0.1) is 0 Å². The van der Waals surface area contributed by atoms with Gasteiger partial charge in [0, 0.05) is 12.1 Å². The van der Waals surface area contributed by atoms with Crippen LogP contribution in [0.15, 0.2) is 23.9 Å². The zero-order valence-electron chi connectivity index (χ0n) is 13.2. The van der Waals surface area contributed by atoms with Crippen molar-refractivity contribution >= 4 is 33.5 Å². The number of carbonyl (C=O) groups is 4. The Morgan fingerprint density at radius 2 is 1.67 bits per heavy atom. The van der Waals surface area contributed by atoms with E-state index < -0.39 is 39.0 Å². The SMILES string of the molecule is CC(=O)CC(=O)NC1=CCC(NC(=O)CC(C)=O)(S(=O)(=O)O)C=C1. The number of ketones is 2. The second-order valence-electron chi connectivity index (χ2n) is 5.42. The minimum Gasteiger partial charge on any atom is -0.331 e. The molecular formula is C14H18N2O7S. The van der Waals surface area contributed by atoms with Gasteiger partial charge in [-0.2, -0.15) is 8.42 Å². The van der Waals surface area contributed by atoms with Gasteiger partial charge in [0.1, 0.15) is 11.6 Å². The summed E-state index contributed by atoms with van der Waals surface area (Å²) in [5, 5.41) is 4.51. The van der Waals surface area contributed by atoms with Crippen molar-refractivity contribution in [2.45, 2.75) is 38.0 Å². The molecule has 2 amide bonds. The average molecular weight is 358 g/mol. The van der Waals surface area contributed by atoms with Crippen molar-refractivity contribution in [1.82, 2.24) is 10.6 Å². The molecule has 1 atom stereocenters. The summed E-state index contributed by atoms with van der Waals surface area (Å²) in [5.74, 6) is -2.23. The molecule has 0 aromatic carbocycles. The van der Waals surface area contributed by atoms with Crippen LogP contribution in [0, 0.1) is 0 Å². The molecule has 0 bridgehead atoms. The van der Waals surface area contributed by atoms with Gasteiger partial charge >= 0.3 is 0 Å². The maximum Gasteiger partial charge on any atom is 0.293 e. The molecule has 0 aromatic heterocycles. The molecule has 24 heavy (non-hydrogen) atoms. The van der Waals surface area contributed by atoms with E-state index in [1.54, 1.807) is 0 Å². The molecule has 1 unspecified atom stereocenters. The Labute approximate surface area is 138 Å². The molecule has 9 nitrogen and oxygen atoms in total. The number of nitrogens with one attached hydrogen (secondary N) is 2. The lowest BCUT2D eigenvalue weighted by Crippen LogP contribution is -2.53. The number of allylic oxidation sites excluding steroid dienone is 1. The first kappa shape index (κ1) is 19.7. The van der Waals surface area contributed by atoms with Gasteiger partial charge in [-0.1, -0.05) is 6.08 Å². The van der Waals surface area contributed by atoms with Gasteiger partial charge in [0.05, 0.1) is 12.8 Å². The fourth-order valence-electron chi connectivity index (χ4n) is 2.00. The Morgan fingerprint density at radius 1 is 1.12 bits per heavy atom. The Morgan fingerprint density at radius 3 is 2.08 bits per heavy atom.